The van der Waals surface area contributed by atoms with Crippen LogP contribution in [0.3, 0.4) is 0 Å². The molecule has 0 unspecified atom stereocenters. The van der Waals surface area contributed by atoms with E-state index in [0.29, 0.717) is 24.0 Å². The van der Waals surface area contributed by atoms with Crippen LogP contribution in [-0.4, -0.2) is 43.5 Å². The predicted octanol–water partition coefficient (Wildman–Crippen LogP) is 2.43. The maximum Gasteiger partial charge on any atom is 0.273 e. The molecular formula is C22H28N8O. The lowest BCUT2D eigenvalue weighted by Crippen LogP contribution is -2.34. The van der Waals surface area contributed by atoms with Crippen molar-refractivity contribution >= 4 is 17.7 Å². The number of anilines is 2. The Hall–Kier alpha value is -3.49. The molecule has 4 rings (SSSR count). The van der Waals surface area contributed by atoms with Crippen molar-refractivity contribution in [2.45, 2.75) is 52.6 Å². The highest BCUT2D eigenvalue weighted by molar-refractivity contribution is 5.93. The third-order valence-electron chi connectivity index (χ3n) is 5.85. The molecule has 2 aromatic heterocycles. The van der Waals surface area contributed by atoms with Crippen molar-refractivity contribution in [3.05, 3.63) is 53.0 Å². The van der Waals surface area contributed by atoms with Gasteiger partial charge in [-0.1, -0.05) is 31.2 Å². The molecule has 162 valence electrons. The van der Waals surface area contributed by atoms with Crippen LogP contribution in [0.25, 0.3) is 5.69 Å². The summed E-state index contributed by atoms with van der Waals surface area (Å²) in [4.78, 5) is 23.5. The van der Waals surface area contributed by atoms with Crippen molar-refractivity contribution in [2.75, 3.05) is 17.2 Å². The number of benzene rings is 1. The number of amides is 1. The number of carbonyl (C=O) groups is 1. The molecule has 1 amide bonds. The maximum atomic E-state index is 12.7. The highest BCUT2D eigenvalue weighted by atomic mass is 16.2. The van der Waals surface area contributed by atoms with E-state index in [1.165, 1.54) is 11.1 Å². The normalized spacial score (nSPS) is 13.4. The number of nitrogens with zero attached hydrogens (tertiary/aromatic N) is 6. The third kappa shape index (κ3) is 4.08. The van der Waals surface area contributed by atoms with E-state index in [1.807, 2.05) is 19.1 Å². The number of nitrogens with two attached hydrogens (primary N) is 1. The molecule has 0 spiro atoms. The number of nitrogen functional groups attached to an aromatic ring is 1. The van der Waals surface area contributed by atoms with Crippen LogP contribution in [0.15, 0.2) is 30.5 Å². The number of carbonyl (C=O) groups excluding carboxylic acids is 1. The van der Waals surface area contributed by atoms with E-state index < -0.39 is 0 Å². The zero-order valence-electron chi connectivity index (χ0n) is 18.2. The molecule has 1 aliphatic rings. The molecule has 0 atom stereocenters. The van der Waals surface area contributed by atoms with Crippen LogP contribution in [0.5, 0.6) is 0 Å². The van der Waals surface area contributed by atoms with Gasteiger partial charge in [0.2, 0.25) is 5.95 Å². The molecule has 1 aliphatic heterocycles. The van der Waals surface area contributed by atoms with Crippen molar-refractivity contribution in [2.24, 2.45) is 0 Å². The van der Waals surface area contributed by atoms with E-state index in [9.17, 15) is 4.79 Å². The zero-order chi connectivity index (χ0) is 22.0. The minimum atomic E-state index is -0.174. The van der Waals surface area contributed by atoms with Crippen molar-refractivity contribution in [3.8, 4) is 5.69 Å². The maximum absolute atomic E-state index is 12.7. The summed E-state index contributed by atoms with van der Waals surface area (Å²) < 4.78 is 1.77. The third-order valence-corrected chi connectivity index (χ3v) is 5.85. The van der Waals surface area contributed by atoms with Crippen LogP contribution in [0.1, 0.15) is 54.0 Å². The number of nitrogens with one attached hydrogen (secondary N) is 1. The van der Waals surface area contributed by atoms with Crippen LogP contribution in [0, 0.1) is 6.92 Å². The first-order chi connectivity index (χ1) is 15.0. The van der Waals surface area contributed by atoms with E-state index in [1.54, 1.807) is 16.9 Å². The number of rotatable bonds is 6. The molecule has 0 saturated heterocycles. The van der Waals surface area contributed by atoms with Gasteiger partial charge < -0.3 is 16.0 Å². The Morgan fingerprint density at radius 1 is 1.26 bits per heavy atom. The summed E-state index contributed by atoms with van der Waals surface area (Å²) in [7, 11) is 0. The molecule has 0 aliphatic carbocycles. The Bertz CT molecular complexity index is 1090. The van der Waals surface area contributed by atoms with Gasteiger partial charge in [0.15, 0.2) is 5.69 Å². The van der Waals surface area contributed by atoms with Gasteiger partial charge in [0.05, 0.1) is 11.4 Å². The van der Waals surface area contributed by atoms with Gasteiger partial charge in [0.25, 0.3) is 5.91 Å². The summed E-state index contributed by atoms with van der Waals surface area (Å²) in [5, 5.41) is 11.5. The smallest absolute Gasteiger partial charge is 0.273 e. The molecule has 0 bridgehead atoms. The highest BCUT2D eigenvalue weighted by Gasteiger charge is 2.24. The van der Waals surface area contributed by atoms with Crippen molar-refractivity contribution in [3.63, 3.8) is 0 Å². The summed E-state index contributed by atoms with van der Waals surface area (Å²) in [5.74, 6) is 0.919. The first-order valence-corrected chi connectivity index (χ1v) is 10.7. The molecule has 9 nitrogen and oxygen atoms in total. The van der Waals surface area contributed by atoms with Crippen LogP contribution >= 0.6 is 0 Å². The highest BCUT2D eigenvalue weighted by Crippen LogP contribution is 2.28. The first kappa shape index (κ1) is 20.8. The van der Waals surface area contributed by atoms with Crippen molar-refractivity contribution in [1.29, 1.82) is 0 Å². The molecule has 0 fully saturated rings. The number of hydrogen-bond donors (Lipinski definition) is 2. The van der Waals surface area contributed by atoms with Crippen LogP contribution < -0.4 is 16.0 Å². The molecular weight excluding hydrogens is 392 g/mol. The first-order valence-electron chi connectivity index (χ1n) is 10.7. The summed E-state index contributed by atoms with van der Waals surface area (Å²) >= 11 is 0. The van der Waals surface area contributed by atoms with Gasteiger partial charge in [-0.25, -0.2) is 9.67 Å². The quantitative estimate of drug-likeness (QED) is 0.629. The van der Waals surface area contributed by atoms with E-state index in [2.05, 4.69) is 50.4 Å². The largest absolute Gasteiger partial charge is 0.384 e. The molecule has 1 aromatic carbocycles. The minimum Gasteiger partial charge on any atom is -0.384 e. The second-order valence-electron chi connectivity index (χ2n) is 7.79. The van der Waals surface area contributed by atoms with Crippen LogP contribution in [0.4, 0.5) is 11.8 Å². The fraction of sp³-hybridized carbons (Fsp3) is 0.409. The Morgan fingerprint density at radius 2 is 2.06 bits per heavy atom. The minimum absolute atomic E-state index is 0.141. The predicted molar refractivity (Wildman–Crippen MR) is 119 cm³/mol. The number of fused-ring (bicyclic) bond motifs is 1. The van der Waals surface area contributed by atoms with Gasteiger partial charge in [-0.2, -0.15) is 4.98 Å². The molecule has 3 heterocycles. The molecule has 31 heavy (non-hydrogen) atoms. The van der Waals surface area contributed by atoms with Gasteiger partial charge in [-0.05, 0) is 49.4 Å². The summed E-state index contributed by atoms with van der Waals surface area (Å²) in [6, 6.07) is 7.95. The zero-order valence-corrected chi connectivity index (χ0v) is 18.2. The van der Waals surface area contributed by atoms with Gasteiger partial charge in [-0.3, -0.25) is 4.79 Å². The topological polar surface area (TPSA) is 115 Å². The van der Waals surface area contributed by atoms with Gasteiger partial charge in [0, 0.05) is 25.3 Å². The summed E-state index contributed by atoms with van der Waals surface area (Å²) in [6.07, 6.45) is 4.25. The Balaban J connectivity index is 1.61. The number of aromatic nitrogens is 5. The average molecular weight is 421 g/mol. The van der Waals surface area contributed by atoms with Crippen LogP contribution in [0.2, 0.25) is 0 Å². The number of hydrogen-bond acceptors (Lipinski definition) is 7. The van der Waals surface area contributed by atoms with Gasteiger partial charge in [-0.15, -0.1) is 5.10 Å². The Labute approximate surface area is 181 Å². The van der Waals surface area contributed by atoms with Crippen molar-refractivity contribution < 1.29 is 4.79 Å². The summed E-state index contributed by atoms with van der Waals surface area (Å²) in [5.41, 5.74) is 10.3. The van der Waals surface area contributed by atoms with Gasteiger partial charge in [0.1, 0.15) is 5.82 Å². The monoisotopic (exact) mass is 420 g/mol. The van der Waals surface area contributed by atoms with Crippen molar-refractivity contribution in [1.82, 2.24) is 30.3 Å². The Kier molecular flexibility index (Phi) is 5.83. The molecule has 9 heteroatoms. The fourth-order valence-corrected chi connectivity index (χ4v) is 3.99. The Morgan fingerprint density at radius 3 is 2.81 bits per heavy atom. The summed E-state index contributed by atoms with van der Waals surface area (Å²) in [6.45, 7) is 7.46. The molecule has 3 aromatic rings. The second-order valence-corrected chi connectivity index (χ2v) is 7.79. The lowest BCUT2D eigenvalue weighted by Gasteiger charge is -2.30. The molecule has 0 saturated carbocycles. The molecule has 3 N–H and O–H groups in total. The van der Waals surface area contributed by atoms with E-state index in [4.69, 9.17) is 5.73 Å². The fourth-order valence-electron chi connectivity index (χ4n) is 3.99. The second kappa shape index (κ2) is 8.71. The van der Waals surface area contributed by atoms with E-state index in [-0.39, 0.29) is 11.9 Å². The SMILES string of the molecule is CCC(CC)NC(=O)c1nnn(-c2cccc3c2CCN(c2nccc(N)n2)C3)c1C. The van der Waals surface area contributed by atoms with E-state index in [0.717, 1.165) is 37.2 Å². The standard InChI is InChI=1S/C22H28N8O/c1-4-16(5-2)25-21(31)20-14(3)30(28-27-20)18-8-6-7-15-13-29(12-10-17(15)18)22-24-11-9-19(23)26-22/h6-9,11,16H,4-5,10,12-13H2,1-3H3,(H,25,31)(H2,23,24,26). The molecule has 0 radical (unpaired) electrons. The van der Waals surface area contributed by atoms with Crippen LogP contribution in [-0.2, 0) is 13.0 Å². The lowest BCUT2D eigenvalue weighted by atomic mass is 9.98. The van der Waals surface area contributed by atoms with Gasteiger partial charge >= 0.3 is 0 Å². The van der Waals surface area contributed by atoms with E-state index >= 15 is 0 Å². The lowest BCUT2D eigenvalue weighted by molar-refractivity contribution is 0.0929. The average Bonchev–Trinajstić information content (AvgIpc) is 3.17.